The van der Waals surface area contributed by atoms with Crippen molar-refractivity contribution in [2.45, 2.75) is 45.4 Å². The summed E-state index contributed by atoms with van der Waals surface area (Å²) in [6.45, 7) is 6.43. The van der Waals surface area contributed by atoms with E-state index in [0.29, 0.717) is 5.75 Å². The minimum absolute atomic E-state index is 0.0314. The summed E-state index contributed by atoms with van der Waals surface area (Å²) in [5, 5.41) is 10.2. The summed E-state index contributed by atoms with van der Waals surface area (Å²) in [6, 6.07) is 6.16. The highest BCUT2D eigenvalue weighted by atomic mass is 16.3. The zero-order valence-corrected chi connectivity index (χ0v) is 9.88. The van der Waals surface area contributed by atoms with Gasteiger partial charge in [0.2, 0.25) is 0 Å². The van der Waals surface area contributed by atoms with E-state index in [4.69, 9.17) is 0 Å². The quantitative estimate of drug-likeness (QED) is 0.779. The summed E-state index contributed by atoms with van der Waals surface area (Å²) >= 11 is 0. The van der Waals surface area contributed by atoms with Crippen molar-refractivity contribution in [1.29, 1.82) is 0 Å². The van der Waals surface area contributed by atoms with Gasteiger partial charge >= 0.3 is 0 Å². The Morgan fingerprint density at radius 1 is 1.27 bits per heavy atom. The van der Waals surface area contributed by atoms with Crippen molar-refractivity contribution in [3.8, 4) is 5.75 Å². The summed E-state index contributed by atoms with van der Waals surface area (Å²) in [6.07, 6.45) is 3.72. The molecule has 1 N–H and O–H groups in total. The van der Waals surface area contributed by atoms with Crippen LogP contribution in [0.5, 0.6) is 5.75 Å². The van der Waals surface area contributed by atoms with Gasteiger partial charge in [0.1, 0.15) is 5.75 Å². The molecule has 0 aliphatic heterocycles. The lowest BCUT2D eigenvalue weighted by Crippen LogP contribution is -2.12. The monoisotopic (exact) mass is 204 g/mol. The van der Waals surface area contributed by atoms with Gasteiger partial charge in [0.25, 0.3) is 0 Å². The highest BCUT2D eigenvalue weighted by molar-refractivity contribution is 5.44. The Labute approximate surface area is 92.1 Å². The fourth-order valence-corrected chi connectivity index (χ4v) is 1.99. The number of para-hydroxylation sites is 1. The molecule has 0 amide bonds. The lowest BCUT2D eigenvalue weighted by atomic mass is 9.84. The summed E-state index contributed by atoms with van der Waals surface area (Å²) in [5.74, 6) is 1.35. The predicted molar refractivity (Wildman–Crippen MR) is 63.2 cm³/mol. The molecule has 82 valence electrons. The van der Waals surface area contributed by atoms with Gasteiger partial charge in [0, 0.05) is 0 Å². The van der Waals surface area contributed by atoms with Crippen LogP contribution in [0.25, 0.3) is 0 Å². The minimum atomic E-state index is 0.0314. The maximum Gasteiger partial charge on any atom is 0.122 e. The molecule has 1 heteroatoms. The van der Waals surface area contributed by atoms with Gasteiger partial charge in [-0.2, -0.15) is 0 Å². The third-order valence-electron chi connectivity index (χ3n) is 3.13. The first-order valence-corrected chi connectivity index (χ1v) is 5.80. The number of aromatic hydroxyl groups is 1. The molecule has 0 saturated heterocycles. The molecule has 0 spiro atoms. The van der Waals surface area contributed by atoms with Crippen molar-refractivity contribution >= 4 is 0 Å². The van der Waals surface area contributed by atoms with Crippen LogP contribution in [0.2, 0.25) is 0 Å². The van der Waals surface area contributed by atoms with Crippen LogP contribution in [-0.2, 0) is 11.8 Å². The third-order valence-corrected chi connectivity index (χ3v) is 3.13. The Morgan fingerprint density at radius 2 is 1.93 bits per heavy atom. The molecule has 0 bridgehead atoms. The molecule has 1 aliphatic carbocycles. The highest BCUT2D eigenvalue weighted by Gasteiger charge is 2.25. The first kappa shape index (κ1) is 10.5. The minimum Gasteiger partial charge on any atom is -0.507 e. The van der Waals surface area contributed by atoms with E-state index in [1.165, 1.54) is 12.8 Å². The molecule has 0 atom stereocenters. The van der Waals surface area contributed by atoms with Gasteiger partial charge in [-0.25, -0.2) is 0 Å². The molecule has 2 rings (SSSR count). The maximum atomic E-state index is 10.2. The fraction of sp³-hybridized carbons (Fsp3) is 0.571. The van der Waals surface area contributed by atoms with Gasteiger partial charge in [0.05, 0.1) is 0 Å². The van der Waals surface area contributed by atoms with Gasteiger partial charge < -0.3 is 5.11 Å². The number of rotatable bonds is 2. The highest BCUT2D eigenvalue weighted by Crippen LogP contribution is 2.38. The third kappa shape index (κ3) is 2.34. The number of phenolic OH excluding ortho intramolecular Hbond substituents is 1. The molecule has 0 radical (unpaired) electrons. The first-order valence-electron chi connectivity index (χ1n) is 5.80. The molecule has 0 aromatic heterocycles. The van der Waals surface area contributed by atoms with Crippen LogP contribution in [0.1, 0.15) is 44.7 Å². The standard InChI is InChI=1S/C14H20O/c1-14(2,3)12-6-4-5-11(13(12)15)9-10-7-8-10/h4-6,10,15H,7-9H2,1-3H3. The summed E-state index contributed by atoms with van der Waals surface area (Å²) in [5.41, 5.74) is 2.23. The van der Waals surface area contributed by atoms with Crippen molar-refractivity contribution in [3.05, 3.63) is 29.3 Å². The van der Waals surface area contributed by atoms with E-state index in [9.17, 15) is 5.11 Å². The molecule has 1 fully saturated rings. The molecule has 1 saturated carbocycles. The number of phenols is 1. The second kappa shape index (κ2) is 3.55. The van der Waals surface area contributed by atoms with E-state index in [0.717, 1.165) is 23.5 Å². The molecule has 0 unspecified atom stereocenters. The molecule has 0 heterocycles. The van der Waals surface area contributed by atoms with Crippen LogP contribution >= 0.6 is 0 Å². The molecule has 15 heavy (non-hydrogen) atoms. The molecule has 1 aliphatic rings. The zero-order valence-electron chi connectivity index (χ0n) is 9.88. The summed E-state index contributed by atoms with van der Waals surface area (Å²) < 4.78 is 0. The van der Waals surface area contributed by atoms with Gasteiger partial charge in [0.15, 0.2) is 0 Å². The Balaban J connectivity index is 2.31. The molecule has 1 aromatic rings. The molecule has 1 nitrogen and oxygen atoms in total. The maximum absolute atomic E-state index is 10.2. The largest absolute Gasteiger partial charge is 0.507 e. The van der Waals surface area contributed by atoms with E-state index < -0.39 is 0 Å². The second-order valence-corrected chi connectivity index (χ2v) is 5.71. The van der Waals surface area contributed by atoms with Crippen molar-refractivity contribution in [2.75, 3.05) is 0 Å². The van der Waals surface area contributed by atoms with Gasteiger partial charge in [-0.1, -0.05) is 39.0 Å². The van der Waals surface area contributed by atoms with Crippen LogP contribution in [-0.4, -0.2) is 5.11 Å². The van der Waals surface area contributed by atoms with E-state index >= 15 is 0 Å². The topological polar surface area (TPSA) is 20.2 Å². The van der Waals surface area contributed by atoms with Crippen LogP contribution < -0.4 is 0 Å². The van der Waals surface area contributed by atoms with Crippen molar-refractivity contribution in [2.24, 2.45) is 5.92 Å². The lowest BCUT2D eigenvalue weighted by Gasteiger charge is -2.21. The van der Waals surface area contributed by atoms with Gasteiger partial charge in [-0.05, 0) is 41.7 Å². The first-order chi connectivity index (χ1) is 6.98. The fourth-order valence-electron chi connectivity index (χ4n) is 1.99. The Hall–Kier alpha value is -0.980. The summed E-state index contributed by atoms with van der Waals surface area (Å²) in [7, 11) is 0. The zero-order chi connectivity index (χ0) is 11.1. The van der Waals surface area contributed by atoms with Crippen molar-refractivity contribution in [3.63, 3.8) is 0 Å². The molecular weight excluding hydrogens is 184 g/mol. The lowest BCUT2D eigenvalue weighted by molar-refractivity contribution is 0.439. The number of hydrogen-bond donors (Lipinski definition) is 1. The van der Waals surface area contributed by atoms with E-state index in [1.54, 1.807) is 0 Å². The SMILES string of the molecule is CC(C)(C)c1cccc(CC2CC2)c1O. The van der Waals surface area contributed by atoms with Crippen LogP contribution in [0.3, 0.4) is 0 Å². The Kier molecular flexibility index (Phi) is 2.49. The van der Waals surface area contributed by atoms with Crippen LogP contribution in [0, 0.1) is 5.92 Å². The van der Waals surface area contributed by atoms with E-state index in [2.05, 4.69) is 32.9 Å². The smallest absolute Gasteiger partial charge is 0.122 e. The normalized spacial score (nSPS) is 16.7. The summed E-state index contributed by atoms with van der Waals surface area (Å²) in [4.78, 5) is 0. The average molecular weight is 204 g/mol. The van der Waals surface area contributed by atoms with Crippen LogP contribution in [0.4, 0.5) is 0 Å². The van der Waals surface area contributed by atoms with Crippen molar-refractivity contribution < 1.29 is 5.11 Å². The van der Waals surface area contributed by atoms with Crippen LogP contribution in [0.15, 0.2) is 18.2 Å². The Morgan fingerprint density at radius 3 is 2.47 bits per heavy atom. The van der Waals surface area contributed by atoms with E-state index in [1.807, 2.05) is 6.07 Å². The molecular formula is C14H20O. The van der Waals surface area contributed by atoms with E-state index in [-0.39, 0.29) is 5.41 Å². The van der Waals surface area contributed by atoms with Gasteiger partial charge in [-0.3, -0.25) is 0 Å². The molecule has 1 aromatic carbocycles. The predicted octanol–water partition coefficient (Wildman–Crippen LogP) is 3.64. The average Bonchev–Trinajstić information content (AvgIpc) is 2.90. The van der Waals surface area contributed by atoms with Crippen molar-refractivity contribution in [1.82, 2.24) is 0 Å². The second-order valence-electron chi connectivity index (χ2n) is 5.71. The number of hydrogen-bond acceptors (Lipinski definition) is 1. The van der Waals surface area contributed by atoms with Gasteiger partial charge in [-0.15, -0.1) is 0 Å². The Bertz CT molecular complexity index is 356. The number of benzene rings is 1.